The largest absolute Gasteiger partial charge is 0.248 e. The topological polar surface area (TPSA) is 51.6 Å². The number of hydrogen-bond acceptors (Lipinski definition) is 4. The molecule has 4 heteroatoms. The number of hydrogen-bond donors (Lipinski definition) is 0. The summed E-state index contributed by atoms with van der Waals surface area (Å²) in [6.45, 7) is 8.25. The van der Waals surface area contributed by atoms with Crippen molar-refractivity contribution in [1.29, 1.82) is 0 Å². The summed E-state index contributed by atoms with van der Waals surface area (Å²) in [4.78, 5) is 20.1. The zero-order valence-corrected chi connectivity index (χ0v) is 26.2. The molecule has 0 atom stereocenters. The van der Waals surface area contributed by atoms with E-state index in [4.69, 9.17) is 19.9 Å². The summed E-state index contributed by atoms with van der Waals surface area (Å²) in [6, 6.07) is 49.6. The second-order valence-electron chi connectivity index (χ2n) is 11.6. The lowest BCUT2D eigenvalue weighted by Crippen LogP contribution is -2.01. The molecule has 0 aliphatic carbocycles. The van der Waals surface area contributed by atoms with Crippen molar-refractivity contribution in [2.75, 3.05) is 0 Å². The maximum Gasteiger partial charge on any atom is 0.164 e. The van der Waals surface area contributed by atoms with Crippen molar-refractivity contribution < 1.29 is 0 Å². The van der Waals surface area contributed by atoms with Gasteiger partial charge in [0.05, 0.1) is 11.2 Å². The van der Waals surface area contributed by atoms with Crippen LogP contribution in [-0.4, -0.2) is 19.9 Å². The number of benzene rings is 6. The second kappa shape index (κ2) is 12.3. The Morgan fingerprint density at radius 3 is 1.65 bits per heavy atom. The first-order chi connectivity index (χ1) is 23.7. The highest BCUT2D eigenvalue weighted by Crippen LogP contribution is 2.38. The zero-order valence-electron chi connectivity index (χ0n) is 26.2. The van der Waals surface area contributed by atoms with E-state index in [1.54, 1.807) is 0 Å². The summed E-state index contributed by atoms with van der Waals surface area (Å²) >= 11 is 0. The van der Waals surface area contributed by atoms with E-state index in [0.717, 1.165) is 71.9 Å². The number of nitrogens with zero attached hydrogens (tertiary/aromatic N) is 4. The molecule has 2 heterocycles. The Balaban J connectivity index is 1.42. The molecule has 0 radical (unpaired) electrons. The molecule has 0 bridgehead atoms. The van der Waals surface area contributed by atoms with E-state index in [1.165, 1.54) is 0 Å². The molecule has 0 fully saturated rings. The summed E-state index contributed by atoms with van der Waals surface area (Å²) in [5, 5.41) is 3.34. The van der Waals surface area contributed by atoms with Gasteiger partial charge in [0.1, 0.15) is 0 Å². The van der Waals surface area contributed by atoms with E-state index in [0.29, 0.717) is 17.5 Å². The number of rotatable bonds is 7. The molecule has 226 valence electrons. The highest BCUT2D eigenvalue weighted by Gasteiger charge is 2.17. The second-order valence-corrected chi connectivity index (χ2v) is 11.6. The van der Waals surface area contributed by atoms with E-state index in [-0.39, 0.29) is 0 Å². The standard InChI is InChI=1S/C44H30N4/c1-3-29-28-39(38-21-13-12-20-37(38)36(29)4-2)33-25-34(41-24-23-30-15-11-14-22-40(30)45-41)27-35(26-33)44-47-42(31-16-7-5-8-17-31)46-43(48-44)32-18-9-6-10-19-32/h3-28H,1-2H2. The fraction of sp³-hybridized carbons (Fsp3) is 0. The predicted octanol–water partition coefficient (Wildman–Crippen LogP) is 11.2. The maximum absolute atomic E-state index is 5.09. The van der Waals surface area contributed by atoms with Gasteiger partial charge in [-0.3, -0.25) is 0 Å². The van der Waals surface area contributed by atoms with Crippen molar-refractivity contribution in [1.82, 2.24) is 19.9 Å². The average molecular weight is 615 g/mol. The molecule has 0 aliphatic rings. The van der Waals surface area contributed by atoms with Gasteiger partial charge in [-0.1, -0.05) is 135 Å². The molecular weight excluding hydrogens is 585 g/mol. The Hall–Kier alpha value is -6.52. The van der Waals surface area contributed by atoms with Gasteiger partial charge in [-0.15, -0.1) is 0 Å². The lowest BCUT2D eigenvalue weighted by Gasteiger charge is -2.16. The van der Waals surface area contributed by atoms with E-state index < -0.39 is 0 Å². The highest BCUT2D eigenvalue weighted by molar-refractivity contribution is 6.04. The Kier molecular flexibility index (Phi) is 7.44. The third-order valence-corrected chi connectivity index (χ3v) is 8.64. The molecule has 0 unspecified atom stereocenters. The van der Waals surface area contributed by atoms with Crippen molar-refractivity contribution in [3.8, 4) is 56.5 Å². The van der Waals surface area contributed by atoms with Crippen LogP contribution in [0.3, 0.4) is 0 Å². The maximum atomic E-state index is 5.09. The van der Waals surface area contributed by atoms with Gasteiger partial charge >= 0.3 is 0 Å². The average Bonchev–Trinajstić information content (AvgIpc) is 3.17. The molecule has 2 aromatic heterocycles. The smallest absolute Gasteiger partial charge is 0.164 e. The van der Waals surface area contributed by atoms with Crippen LogP contribution in [0.4, 0.5) is 0 Å². The highest BCUT2D eigenvalue weighted by atomic mass is 15.0. The monoisotopic (exact) mass is 614 g/mol. The summed E-state index contributed by atoms with van der Waals surface area (Å²) in [5.74, 6) is 1.82. The molecule has 0 N–H and O–H groups in total. The van der Waals surface area contributed by atoms with Crippen LogP contribution in [0, 0.1) is 0 Å². The van der Waals surface area contributed by atoms with E-state index in [2.05, 4.69) is 79.9 Å². The fourth-order valence-electron chi connectivity index (χ4n) is 6.28. The first kappa shape index (κ1) is 28.9. The lowest BCUT2D eigenvalue weighted by atomic mass is 9.89. The summed E-state index contributed by atoms with van der Waals surface area (Å²) < 4.78 is 0. The van der Waals surface area contributed by atoms with Crippen LogP contribution in [0.15, 0.2) is 159 Å². The molecule has 0 amide bonds. The zero-order chi connectivity index (χ0) is 32.5. The van der Waals surface area contributed by atoms with Gasteiger partial charge in [-0.25, -0.2) is 19.9 Å². The van der Waals surface area contributed by atoms with Gasteiger partial charge < -0.3 is 0 Å². The summed E-state index contributed by atoms with van der Waals surface area (Å²) in [6.07, 6.45) is 3.80. The molecule has 48 heavy (non-hydrogen) atoms. The van der Waals surface area contributed by atoms with Gasteiger partial charge in [0.25, 0.3) is 0 Å². The molecule has 0 spiro atoms. The lowest BCUT2D eigenvalue weighted by molar-refractivity contribution is 1.07. The fourth-order valence-corrected chi connectivity index (χ4v) is 6.28. The van der Waals surface area contributed by atoms with Crippen molar-refractivity contribution in [2.45, 2.75) is 0 Å². The van der Waals surface area contributed by atoms with Crippen molar-refractivity contribution in [3.05, 3.63) is 170 Å². The van der Waals surface area contributed by atoms with Gasteiger partial charge in [0.15, 0.2) is 17.5 Å². The van der Waals surface area contributed by atoms with Crippen LogP contribution in [0.1, 0.15) is 11.1 Å². The van der Waals surface area contributed by atoms with Crippen LogP contribution >= 0.6 is 0 Å². The minimum Gasteiger partial charge on any atom is -0.248 e. The Bertz CT molecular complexity index is 2430. The van der Waals surface area contributed by atoms with Gasteiger partial charge in [-0.2, -0.15) is 0 Å². The van der Waals surface area contributed by atoms with E-state index in [1.807, 2.05) is 91.0 Å². The molecule has 0 aliphatic heterocycles. The van der Waals surface area contributed by atoms with E-state index >= 15 is 0 Å². The molecule has 8 rings (SSSR count). The third kappa shape index (κ3) is 5.36. The summed E-state index contributed by atoms with van der Waals surface area (Å²) in [7, 11) is 0. The third-order valence-electron chi connectivity index (χ3n) is 8.64. The molecule has 4 nitrogen and oxygen atoms in total. The molecule has 0 saturated carbocycles. The Morgan fingerprint density at radius 2 is 0.979 bits per heavy atom. The number of aromatic nitrogens is 4. The summed E-state index contributed by atoms with van der Waals surface area (Å²) in [5.41, 5.74) is 9.68. The Labute approximate surface area is 279 Å². The van der Waals surface area contributed by atoms with E-state index in [9.17, 15) is 0 Å². The minimum absolute atomic E-state index is 0.586. The first-order valence-corrected chi connectivity index (χ1v) is 15.9. The Morgan fingerprint density at radius 1 is 0.417 bits per heavy atom. The van der Waals surface area contributed by atoms with Crippen LogP contribution in [0.25, 0.3) is 90.4 Å². The van der Waals surface area contributed by atoms with Gasteiger partial charge in [0.2, 0.25) is 0 Å². The molecule has 8 aromatic rings. The molecular formula is C44H30N4. The quantitative estimate of drug-likeness (QED) is 0.179. The van der Waals surface area contributed by atoms with Crippen molar-refractivity contribution in [3.63, 3.8) is 0 Å². The molecule has 6 aromatic carbocycles. The van der Waals surface area contributed by atoms with Crippen molar-refractivity contribution in [2.24, 2.45) is 0 Å². The van der Waals surface area contributed by atoms with Crippen LogP contribution in [-0.2, 0) is 0 Å². The first-order valence-electron chi connectivity index (χ1n) is 15.9. The minimum atomic E-state index is 0.586. The molecule has 0 saturated heterocycles. The predicted molar refractivity (Wildman–Crippen MR) is 200 cm³/mol. The number of pyridine rings is 1. The van der Waals surface area contributed by atoms with Crippen molar-refractivity contribution >= 4 is 33.8 Å². The van der Waals surface area contributed by atoms with Crippen LogP contribution < -0.4 is 0 Å². The SMILES string of the molecule is C=Cc1cc(-c2cc(-c3ccc4ccccc4n3)cc(-c3nc(-c4ccccc4)nc(-c4ccccc4)n3)c2)c2ccccc2c1C=C. The number of fused-ring (bicyclic) bond motifs is 2. The van der Waals surface area contributed by atoms with Gasteiger partial charge in [0, 0.05) is 27.6 Å². The van der Waals surface area contributed by atoms with Crippen LogP contribution in [0.2, 0.25) is 0 Å². The van der Waals surface area contributed by atoms with Crippen LogP contribution in [0.5, 0.6) is 0 Å². The normalized spacial score (nSPS) is 11.1. The van der Waals surface area contributed by atoms with Gasteiger partial charge in [-0.05, 0) is 69.4 Å². The number of para-hydroxylation sites is 1.